The van der Waals surface area contributed by atoms with Crippen molar-refractivity contribution in [1.82, 2.24) is 19.7 Å². The van der Waals surface area contributed by atoms with Crippen molar-refractivity contribution in [2.45, 2.75) is 45.0 Å². The van der Waals surface area contributed by atoms with Crippen molar-refractivity contribution in [2.24, 2.45) is 0 Å². The molecule has 0 saturated heterocycles. The number of carbonyl (C=O) groups excluding carboxylic acids is 2. The highest BCUT2D eigenvalue weighted by Crippen LogP contribution is 2.25. The van der Waals surface area contributed by atoms with Crippen LogP contribution in [-0.2, 0) is 27.3 Å². The first-order valence-electron chi connectivity index (χ1n) is 10.7. The van der Waals surface area contributed by atoms with Crippen molar-refractivity contribution in [3.05, 3.63) is 59.4 Å². The molecule has 0 aliphatic rings. The molecule has 9 nitrogen and oxygen atoms in total. The SMILES string of the molecule is C=CCn1c(SCC(=O)Nc2nc(CC(=O)OCC)cs2)nnc1C(C)Oc1ccc(C)cc1. The standard InChI is InChI=1S/C23H27N5O4S2/c1-5-11-28-21(16(4)32-18-9-7-15(3)8-10-18)26-27-23(28)34-14-19(29)25-22-24-17(13-33-22)12-20(30)31-6-2/h5,7-10,13,16H,1,6,11-12,14H2,2-4H3,(H,24,25,29). The van der Waals surface area contributed by atoms with Crippen LogP contribution in [0.15, 0.2) is 47.5 Å². The van der Waals surface area contributed by atoms with E-state index in [4.69, 9.17) is 9.47 Å². The van der Waals surface area contributed by atoms with Gasteiger partial charge in [-0.05, 0) is 32.9 Å². The largest absolute Gasteiger partial charge is 0.483 e. The molecule has 0 aliphatic carbocycles. The minimum atomic E-state index is -0.348. The van der Waals surface area contributed by atoms with Crippen LogP contribution in [0, 0.1) is 6.92 Å². The Morgan fingerprint density at radius 2 is 2.06 bits per heavy atom. The Kier molecular flexibility index (Phi) is 9.23. The third-order valence-corrected chi connectivity index (χ3v) is 6.29. The van der Waals surface area contributed by atoms with Gasteiger partial charge in [0.15, 0.2) is 22.2 Å². The van der Waals surface area contributed by atoms with Gasteiger partial charge in [0.1, 0.15) is 5.75 Å². The molecule has 11 heteroatoms. The molecule has 0 radical (unpaired) electrons. The number of nitrogens with one attached hydrogen (secondary N) is 1. The Hall–Kier alpha value is -3.18. The summed E-state index contributed by atoms with van der Waals surface area (Å²) in [5, 5.41) is 14.0. The summed E-state index contributed by atoms with van der Waals surface area (Å²) in [5.74, 6) is 0.923. The van der Waals surface area contributed by atoms with Crippen molar-refractivity contribution in [1.29, 1.82) is 0 Å². The quantitative estimate of drug-likeness (QED) is 0.223. The van der Waals surface area contributed by atoms with Crippen molar-refractivity contribution in [3.63, 3.8) is 0 Å². The Bertz CT molecular complexity index is 1130. The second kappa shape index (κ2) is 12.3. The van der Waals surface area contributed by atoms with Crippen LogP contribution in [-0.4, -0.2) is 44.0 Å². The first-order valence-corrected chi connectivity index (χ1v) is 12.6. The van der Waals surface area contributed by atoms with Gasteiger partial charge in [0.25, 0.3) is 0 Å². The maximum Gasteiger partial charge on any atom is 0.311 e. The number of carbonyl (C=O) groups is 2. The molecule has 3 aromatic rings. The normalized spacial score (nSPS) is 11.6. The van der Waals surface area contributed by atoms with Gasteiger partial charge in [-0.1, -0.05) is 35.5 Å². The number of amides is 1. The minimum Gasteiger partial charge on any atom is -0.483 e. The van der Waals surface area contributed by atoms with Gasteiger partial charge >= 0.3 is 5.97 Å². The molecule has 1 amide bonds. The number of hydrogen-bond donors (Lipinski definition) is 1. The number of nitrogens with zero attached hydrogens (tertiary/aromatic N) is 4. The van der Waals surface area contributed by atoms with E-state index in [1.165, 1.54) is 23.1 Å². The van der Waals surface area contributed by atoms with Crippen LogP contribution in [0.1, 0.15) is 37.0 Å². The van der Waals surface area contributed by atoms with Crippen LogP contribution >= 0.6 is 23.1 Å². The number of thiazole rings is 1. The maximum absolute atomic E-state index is 12.4. The topological polar surface area (TPSA) is 108 Å². The number of benzene rings is 1. The van der Waals surface area contributed by atoms with E-state index in [9.17, 15) is 9.59 Å². The molecule has 3 rings (SSSR count). The Morgan fingerprint density at radius 3 is 2.76 bits per heavy atom. The van der Waals surface area contributed by atoms with Gasteiger partial charge in [-0.25, -0.2) is 4.98 Å². The Balaban J connectivity index is 1.59. The van der Waals surface area contributed by atoms with Crippen LogP contribution in [0.4, 0.5) is 5.13 Å². The van der Waals surface area contributed by atoms with E-state index < -0.39 is 0 Å². The van der Waals surface area contributed by atoms with Gasteiger partial charge in [-0.2, -0.15) is 0 Å². The molecule has 1 N–H and O–H groups in total. The Labute approximate surface area is 206 Å². The highest BCUT2D eigenvalue weighted by atomic mass is 32.2. The minimum absolute atomic E-state index is 0.0746. The molecule has 34 heavy (non-hydrogen) atoms. The van der Waals surface area contributed by atoms with Gasteiger partial charge in [-0.15, -0.1) is 28.1 Å². The highest BCUT2D eigenvalue weighted by Gasteiger charge is 2.20. The zero-order chi connectivity index (χ0) is 24.5. The molecular formula is C23H27N5O4S2. The number of aromatic nitrogens is 4. The molecule has 0 spiro atoms. The van der Waals surface area contributed by atoms with E-state index in [0.29, 0.717) is 35.0 Å². The molecule has 1 aromatic carbocycles. The number of anilines is 1. The maximum atomic E-state index is 12.4. The number of allylic oxidation sites excluding steroid dienone is 1. The van der Waals surface area contributed by atoms with Gasteiger partial charge in [0, 0.05) is 11.9 Å². The van der Waals surface area contributed by atoms with E-state index in [1.54, 1.807) is 18.4 Å². The average Bonchev–Trinajstić information content (AvgIpc) is 3.41. The lowest BCUT2D eigenvalue weighted by atomic mass is 10.2. The van der Waals surface area contributed by atoms with Gasteiger partial charge < -0.3 is 14.8 Å². The summed E-state index contributed by atoms with van der Waals surface area (Å²) in [5.41, 5.74) is 1.71. The van der Waals surface area contributed by atoms with Gasteiger partial charge in [0.05, 0.1) is 24.5 Å². The van der Waals surface area contributed by atoms with E-state index in [0.717, 1.165) is 11.3 Å². The van der Waals surface area contributed by atoms with Gasteiger partial charge in [-0.3, -0.25) is 14.2 Å². The van der Waals surface area contributed by atoms with Crippen molar-refractivity contribution in [3.8, 4) is 5.75 Å². The van der Waals surface area contributed by atoms with E-state index in [-0.39, 0.29) is 30.2 Å². The fraction of sp³-hybridized carbons (Fsp3) is 0.348. The molecular weight excluding hydrogens is 474 g/mol. The number of esters is 1. The van der Waals surface area contributed by atoms with Crippen LogP contribution in [0.2, 0.25) is 0 Å². The fourth-order valence-corrected chi connectivity index (χ4v) is 4.45. The number of aryl methyl sites for hydroxylation is 1. The number of ether oxygens (including phenoxy) is 2. The number of hydrogen-bond acceptors (Lipinski definition) is 9. The van der Waals surface area contributed by atoms with Crippen molar-refractivity contribution >= 4 is 40.1 Å². The smallest absolute Gasteiger partial charge is 0.311 e. The lowest BCUT2D eigenvalue weighted by Gasteiger charge is -2.15. The molecule has 180 valence electrons. The summed E-state index contributed by atoms with van der Waals surface area (Å²) in [6.45, 7) is 10.3. The summed E-state index contributed by atoms with van der Waals surface area (Å²) >= 11 is 2.52. The van der Waals surface area contributed by atoms with Crippen LogP contribution in [0.3, 0.4) is 0 Å². The molecule has 1 unspecified atom stereocenters. The van der Waals surface area contributed by atoms with E-state index >= 15 is 0 Å². The van der Waals surface area contributed by atoms with Crippen LogP contribution in [0.5, 0.6) is 5.75 Å². The second-order valence-electron chi connectivity index (χ2n) is 7.28. The third kappa shape index (κ3) is 7.16. The summed E-state index contributed by atoms with van der Waals surface area (Å²) < 4.78 is 12.8. The molecule has 1 atom stereocenters. The van der Waals surface area contributed by atoms with Crippen LogP contribution < -0.4 is 10.1 Å². The van der Waals surface area contributed by atoms with Crippen molar-refractivity contribution < 1.29 is 19.1 Å². The predicted molar refractivity (Wildman–Crippen MR) is 132 cm³/mol. The van der Waals surface area contributed by atoms with Crippen LogP contribution in [0.25, 0.3) is 0 Å². The molecule has 0 fully saturated rings. The molecule has 2 aromatic heterocycles. The average molecular weight is 502 g/mol. The summed E-state index contributed by atoms with van der Waals surface area (Å²) in [6.07, 6.45) is 1.48. The van der Waals surface area contributed by atoms with E-state index in [1.807, 2.05) is 42.7 Å². The zero-order valence-corrected chi connectivity index (χ0v) is 20.9. The third-order valence-electron chi connectivity index (χ3n) is 4.52. The highest BCUT2D eigenvalue weighted by molar-refractivity contribution is 7.99. The zero-order valence-electron chi connectivity index (χ0n) is 19.3. The fourth-order valence-electron chi connectivity index (χ4n) is 2.97. The van der Waals surface area contributed by atoms with Crippen molar-refractivity contribution in [2.75, 3.05) is 17.7 Å². The number of thioether (sulfide) groups is 1. The lowest BCUT2D eigenvalue weighted by Crippen LogP contribution is -2.15. The lowest BCUT2D eigenvalue weighted by molar-refractivity contribution is -0.142. The molecule has 2 heterocycles. The predicted octanol–water partition coefficient (Wildman–Crippen LogP) is 4.21. The first kappa shape index (κ1) is 25.4. The summed E-state index contributed by atoms with van der Waals surface area (Å²) in [4.78, 5) is 28.3. The second-order valence-corrected chi connectivity index (χ2v) is 9.08. The molecule has 0 bridgehead atoms. The number of rotatable bonds is 12. The first-order chi connectivity index (χ1) is 16.4. The monoisotopic (exact) mass is 501 g/mol. The van der Waals surface area contributed by atoms with Gasteiger partial charge in [0.2, 0.25) is 5.91 Å². The summed E-state index contributed by atoms with van der Waals surface area (Å²) in [7, 11) is 0. The molecule has 0 saturated carbocycles. The molecule has 0 aliphatic heterocycles. The summed E-state index contributed by atoms with van der Waals surface area (Å²) in [6, 6.07) is 7.80. The van der Waals surface area contributed by atoms with E-state index in [2.05, 4.69) is 27.1 Å². The Morgan fingerprint density at radius 1 is 1.29 bits per heavy atom.